The second kappa shape index (κ2) is 8.39. The molecule has 0 aliphatic carbocycles. The van der Waals surface area contributed by atoms with Gasteiger partial charge in [-0.1, -0.05) is 72.8 Å². The Hall–Kier alpha value is -3.26. The van der Waals surface area contributed by atoms with E-state index >= 15 is 0 Å². The van der Waals surface area contributed by atoms with Crippen molar-refractivity contribution in [2.75, 3.05) is 0 Å². The van der Waals surface area contributed by atoms with Crippen LogP contribution in [-0.4, -0.2) is 9.97 Å². The first kappa shape index (κ1) is 15.6. The molecule has 0 N–H and O–H groups in total. The molecule has 0 atom stereocenters. The van der Waals surface area contributed by atoms with Gasteiger partial charge < -0.3 is 0 Å². The number of hydrogen-bond donors (Lipinski definition) is 0. The van der Waals surface area contributed by atoms with Gasteiger partial charge in [0.2, 0.25) is 0 Å². The highest BCUT2D eigenvalue weighted by molar-refractivity contribution is 5.62. The number of rotatable bonds is 2. The van der Waals surface area contributed by atoms with Crippen molar-refractivity contribution in [1.82, 2.24) is 9.97 Å². The molecular weight excluding hydrogens is 292 g/mol. The van der Waals surface area contributed by atoms with Gasteiger partial charge in [-0.15, -0.1) is 0 Å². The molecule has 2 heterocycles. The van der Waals surface area contributed by atoms with Gasteiger partial charge in [0.1, 0.15) is 0 Å². The number of hydrogen-bond acceptors (Lipinski definition) is 2. The number of pyridine rings is 2. The van der Waals surface area contributed by atoms with Gasteiger partial charge in [-0.3, -0.25) is 9.97 Å². The SMILES string of the molecule is c1ccc(-c2cccnc2)cc1.c1ccc(-c2cccnc2)cc1. The summed E-state index contributed by atoms with van der Waals surface area (Å²) in [4.78, 5) is 8.12. The van der Waals surface area contributed by atoms with E-state index in [0.29, 0.717) is 0 Å². The van der Waals surface area contributed by atoms with Crippen LogP contribution in [0.25, 0.3) is 22.3 Å². The van der Waals surface area contributed by atoms with E-state index in [2.05, 4.69) is 46.4 Å². The van der Waals surface area contributed by atoms with Gasteiger partial charge in [-0.2, -0.15) is 0 Å². The van der Waals surface area contributed by atoms with E-state index in [1.807, 2.05) is 60.9 Å². The second-order valence-electron chi connectivity index (χ2n) is 5.22. The van der Waals surface area contributed by atoms with Gasteiger partial charge >= 0.3 is 0 Å². The maximum absolute atomic E-state index is 4.06. The quantitative estimate of drug-likeness (QED) is 0.489. The average Bonchev–Trinajstić information content (AvgIpc) is 2.71. The summed E-state index contributed by atoms with van der Waals surface area (Å²) in [5, 5.41) is 0. The Balaban J connectivity index is 0.000000141. The summed E-state index contributed by atoms with van der Waals surface area (Å²) < 4.78 is 0. The van der Waals surface area contributed by atoms with E-state index < -0.39 is 0 Å². The van der Waals surface area contributed by atoms with Crippen molar-refractivity contribution in [1.29, 1.82) is 0 Å². The predicted molar refractivity (Wildman–Crippen MR) is 99.3 cm³/mol. The van der Waals surface area contributed by atoms with E-state index in [4.69, 9.17) is 0 Å². The summed E-state index contributed by atoms with van der Waals surface area (Å²) in [6.07, 6.45) is 7.31. The van der Waals surface area contributed by atoms with Crippen molar-refractivity contribution in [2.45, 2.75) is 0 Å². The summed E-state index contributed by atoms with van der Waals surface area (Å²) in [6.45, 7) is 0. The minimum absolute atomic E-state index is 1.16. The third-order valence-corrected chi connectivity index (χ3v) is 3.54. The first-order valence-electron chi connectivity index (χ1n) is 7.84. The lowest BCUT2D eigenvalue weighted by Crippen LogP contribution is -1.76. The smallest absolute Gasteiger partial charge is 0.0346 e. The lowest BCUT2D eigenvalue weighted by atomic mass is 10.1. The van der Waals surface area contributed by atoms with Crippen LogP contribution in [0.3, 0.4) is 0 Å². The Morgan fingerprint density at radius 2 is 0.750 bits per heavy atom. The molecule has 2 nitrogen and oxygen atoms in total. The van der Waals surface area contributed by atoms with E-state index in [1.54, 1.807) is 12.4 Å². The molecule has 2 aromatic heterocycles. The molecule has 116 valence electrons. The number of benzene rings is 2. The fourth-order valence-corrected chi connectivity index (χ4v) is 2.33. The van der Waals surface area contributed by atoms with E-state index in [1.165, 1.54) is 11.1 Å². The van der Waals surface area contributed by atoms with Crippen molar-refractivity contribution in [3.63, 3.8) is 0 Å². The van der Waals surface area contributed by atoms with E-state index in [0.717, 1.165) is 11.1 Å². The van der Waals surface area contributed by atoms with Gasteiger partial charge in [0.25, 0.3) is 0 Å². The molecule has 0 fully saturated rings. The molecule has 0 unspecified atom stereocenters. The molecule has 2 heteroatoms. The molecule has 4 aromatic rings. The summed E-state index contributed by atoms with van der Waals surface area (Å²) in [5.74, 6) is 0. The average molecular weight is 310 g/mol. The summed E-state index contributed by atoms with van der Waals surface area (Å²) >= 11 is 0. The van der Waals surface area contributed by atoms with Crippen LogP contribution in [0.5, 0.6) is 0 Å². The molecule has 4 rings (SSSR count). The molecule has 0 bridgehead atoms. The minimum Gasteiger partial charge on any atom is -0.264 e. The fraction of sp³-hybridized carbons (Fsp3) is 0. The molecule has 0 aliphatic heterocycles. The van der Waals surface area contributed by atoms with Crippen molar-refractivity contribution in [3.05, 3.63) is 110 Å². The molecule has 0 aliphatic rings. The molecule has 2 aromatic carbocycles. The van der Waals surface area contributed by atoms with Crippen LogP contribution < -0.4 is 0 Å². The Kier molecular flexibility index (Phi) is 5.47. The summed E-state index contributed by atoms with van der Waals surface area (Å²) in [7, 11) is 0. The van der Waals surface area contributed by atoms with E-state index in [-0.39, 0.29) is 0 Å². The predicted octanol–water partition coefficient (Wildman–Crippen LogP) is 5.50. The van der Waals surface area contributed by atoms with Crippen LogP contribution in [0, 0.1) is 0 Å². The number of aromatic nitrogens is 2. The Morgan fingerprint density at radius 1 is 0.375 bits per heavy atom. The van der Waals surface area contributed by atoms with Crippen LogP contribution in [0.15, 0.2) is 110 Å². The molecule has 0 spiro atoms. The number of nitrogens with zero attached hydrogens (tertiary/aromatic N) is 2. The molecular formula is C22H18N2. The Labute approximate surface area is 142 Å². The van der Waals surface area contributed by atoms with Crippen molar-refractivity contribution >= 4 is 0 Å². The summed E-state index contributed by atoms with van der Waals surface area (Å²) in [5.41, 5.74) is 4.76. The van der Waals surface area contributed by atoms with Crippen LogP contribution in [0.1, 0.15) is 0 Å². The third kappa shape index (κ3) is 4.37. The topological polar surface area (TPSA) is 25.8 Å². The van der Waals surface area contributed by atoms with Crippen molar-refractivity contribution < 1.29 is 0 Å². The maximum atomic E-state index is 4.06. The zero-order chi connectivity index (χ0) is 16.5. The lowest BCUT2D eigenvalue weighted by molar-refractivity contribution is 1.33. The molecule has 0 radical (unpaired) electrons. The van der Waals surface area contributed by atoms with E-state index in [9.17, 15) is 0 Å². The van der Waals surface area contributed by atoms with Crippen LogP contribution in [-0.2, 0) is 0 Å². The first-order chi connectivity index (χ1) is 11.9. The highest BCUT2D eigenvalue weighted by Crippen LogP contribution is 2.16. The van der Waals surface area contributed by atoms with Crippen molar-refractivity contribution in [2.24, 2.45) is 0 Å². The van der Waals surface area contributed by atoms with Gasteiger partial charge in [-0.25, -0.2) is 0 Å². The summed E-state index contributed by atoms with van der Waals surface area (Å²) in [6, 6.07) is 28.5. The van der Waals surface area contributed by atoms with Gasteiger partial charge in [0, 0.05) is 24.8 Å². The normalized spacial score (nSPS) is 9.67. The zero-order valence-electron chi connectivity index (χ0n) is 13.3. The van der Waals surface area contributed by atoms with Crippen molar-refractivity contribution in [3.8, 4) is 22.3 Å². The fourth-order valence-electron chi connectivity index (χ4n) is 2.33. The molecule has 0 saturated carbocycles. The van der Waals surface area contributed by atoms with Crippen LogP contribution >= 0.6 is 0 Å². The monoisotopic (exact) mass is 310 g/mol. The maximum Gasteiger partial charge on any atom is 0.0346 e. The highest BCUT2D eigenvalue weighted by Gasteiger charge is 1.93. The molecule has 24 heavy (non-hydrogen) atoms. The van der Waals surface area contributed by atoms with Gasteiger partial charge in [0.15, 0.2) is 0 Å². The van der Waals surface area contributed by atoms with Gasteiger partial charge in [-0.05, 0) is 34.4 Å². The second-order valence-corrected chi connectivity index (χ2v) is 5.22. The third-order valence-electron chi connectivity index (χ3n) is 3.54. The van der Waals surface area contributed by atoms with Gasteiger partial charge in [0.05, 0.1) is 0 Å². The Morgan fingerprint density at radius 3 is 1.08 bits per heavy atom. The highest BCUT2D eigenvalue weighted by atomic mass is 14.6. The Bertz CT molecular complexity index is 680. The zero-order valence-corrected chi connectivity index (χ0v) is 13.3. The largest absolute Gasteiger partial charge is 0.264 e. The van der Waals surface area contributed by atoms with Crippen LogP contribution in [0.4, 0.5) is 0 Å². The lowest BCUT2D eigenvalue weighted by Gasteiger charge is -1.97. The minimum atomic E-state index is 1.16. The standard InChI is InChI=1S/2C11H9N/c2*1-2-5-10(6-3-1)11-7-4-8-12-9-11/h2*1-9H. The molecule has 0 amide bonds. The first-order valence-corrected chi connectivity index (χ1v) is 7.84. The van der Waals surface area contributed by atoms with Crippen LogP contribution in [0.2, 0.25) is 0 Å². The molecule has 0 saturated heterocycles.